The Morgan fingerprint density at radius 1 is 0.882 bits per heavy atom. The molecular weight excluding hydrogens is 240 g/mol. The standard InChI is InChI=1S/2C8H11.Ti/c2*1-2-5-8-6-3-4-7-8;/h2*3,6H,2,4-5H2,1H3;/q2*-1;+2. The third-order valence-corrected chi connectivity index (χ3v) is 2.57. The van der Waals surface area contributed by atoms with Gasteiger partial charge in [0.1, 0.15) is 0 Å². The SMILES string of the molecule is CCCC1=[C-]CC=C1.CCCC1=[C-]CC=C1.[Ti+2]. The van der Waals surface area contributed by atoms with Crippen molar-refractivity contribution in [2.75, 3.05) is 0 Å². The van der Waals surface area contributed by atoms with Crippen LogP contribution in [0.4, 0.5) is 0 Å². The summed E-state index contributed by atoms with van der Waals surface area (Å²) in [6, 6.07) is 0. The van der Waals surface area contributed by atoms with Crippen LogP contribution in [0, 0.1) is 12.2 Å². The van der Waals surface area contributed by atoms with E-state index >= 15 is 0 Å². The van der Waals surface area contributed by atoms with Crippen molar-refractivity contribution < 1.29 is 21.7 Å². The van der Waals surface area contributed by atoms with Crippen molar-refractivity contribution in [1.29, 1.82) is 0 Å². The summed E-state index contributed by atoms with van der Waals surface area (Å²) in [5.41, 5.74) is 2.79. The second-order valence-corrected chi connectivity index (χ2v) is 4.12. The summed E-state index contributed by atoms with van der Waals surface area (Å²) < 4.78 is 0. The first-order valence-corrected chi connectivity index (χ1v) is 6.39. The molecule has 0 amide bonds. The van der Waals surface area contributed by atoms with Gasteiger partial charge >= 0.3 is 21.7 Å². The fourth-order valence-corrected chi connectivity index (χ4v) is 1.78. The Hall–Kier alpha value is -0.326. The maximum absolute atomic E-state index is 3.26. The minimum Gasteiger partial charge on any atom is -0.269 e. The van der Waals surface area contributed by atoms with Crippen LogP contribution in [0.25, 0.3) is 0 Å². The van der Waals surface area contributed by atoms with Gasteiger partial charge in [-0.25, -0.2) is 23.3 Å². The molecule has 0 nitrogen and oxygen atoms in total. The first kappa shape index (κ1) is 16.7. The van der Waals surface area contributed by atoms with Gasteiger partial charge in [0, 0.05) is 0 Å². The maximum atomic E-state index is 3.26. The van der Waals surface area contributed by atoms with Crippen molar-refractivity contribution in [2.45, 2.75) is 52.4 Å². The average molecular weight is 262 g/mol. The minimum atomic E-state index is 0. The van der Waals surface area contributed by atoms with E-state index in [4.69, 9.17) is 0 Å². The summed E-state index contributed by atoms with van der Waals surface area (Å²) in [5.74, 6) is 0. The molecule has 2 aliphatic carbocycles. The summed E-state index contributed by atoms with van der Waals surface area (Å²) in [7, 11) is 0. The second kappa shape index (κ2) is 10.8. The molecular formula is C16H22Ti. The summed E-state index contributed by atoms with van der Waals surface area (Å²) in [6.07, 6.45) is 22.2. The predicted molar refractivity (Wildman–Crippen MR) is 70.8 cm³/mol. The summed E-state index contributed by atoms with van der Waals surface area (Å²) in [5, 5.41) is 0. The normalized spacial score (nSPS) is 15.9. The minimum absolute atomic E-state index is 0. The van der Waals surface area contributed by atoms with Gasteiger partial charge in [-0.2, -0.15) is 12.2 Å². The molecule has 0 unspecified atom stereocenters. The van der Waals surface area contributed by atoms with Gasteiger partial charge in [0.25, 0.3) is 0 Å². The van der Waals surface area contributed by atoms with E-state index in [1.807, 2.05) is 0 Å². The zero-order chi connectivity index (χ0) is 11.6. The Balaban J connectivity index is 0.000000284. The molecule has 17 heavy (non-hydrogen) atoms. The van der Waals surface area contributed by atoms with Gasteiger partial charge in [0.2, 0.25) is 0 Å². The third kappa shape index (κ3) is 7.57. The molecule has 90 valence electrons. The molecule has 0 aliphatic heterocycles. The van der Waals surface area contributed by atoms with Gasteiger partial charge in [-0.1, -0.05) is 39.5 Å². The van der Waals surface area contributed by atoms with Crippen molar-refractivity contribution in [3.05, 3.63) is 47.6 Å². The molecule has 0 atom stereocenters. The van der Waals surface area contributed by atoms with Gasteiger partial charge in [-0.15, -0.1) is 12.8 Å². The quantitative estimate of drug-likeness (QED) is 0.496. The fourth-order valence-electron chi connectivity index (χ4n) is 1.78. The van der Waals surface area contributed by atoms with E-state index in [1.165, 1.54) is 36.8 Å². The molecule has 2 aliphatic rings. The molecule has 0 N–H and O–H groups in total. The van der Waals surface area contributed by atoms with Crippen LogP contribution in [0.5, 0.6) is 0 Å². The molecule has 2 rings (SSSR count). The molecule has 0 aromatic rings. The van der Waals surface area contributed by atoms with Crippen LogP contribution in [-0.4, -0.2) is 0 Å². The fraction of sp³-hybridized carbons (Fsp3) is 0.500. The van der Waals surface area contributed by atoms with Crippen LogP contribution in [0.1, 0.15) is 52.4 Å². The molecule has 0 spiro atoms. The van der Waals surface area contributed by atoms with E-state index in [1.54, 1.807) is 0 Å². The molecule has 0 aromatic carbocycles. The van der Waals surface area contributed by atoms with Crippen LogP contribution in [0.15, 0.2) is 35.5 Å². The molecule has 0 bridgehead atoms. The topological polar surface area (TPSA) is 0 Å². The Labute approximate surface area is 121 Å². The van der Waals surface area contributed by atoms with Crippen LogP contribution < -0.4 is 0 Å². The smallest absolute Gasteiger partial charge is 0.269 e. The Morgan fingerprint density at radius 3 is 1.53 bits per heavy atom. The van der Waals surface area contributed by atoms with Gasteiger partial charge in [-0.05, 0) is 0 Å². The molecule has 0 saturated carbocycles. The molecule has 0 heterocycles. The van der Waals surface area contributed by atoms with Crippen LogP contribution >= 0.6 is 0 Å². The number of rotatable bonds is 4. The summed E-state index contributed by atoms with van der Waals surface area (Å²) in [4.78, 5) is 0. The van der Waals surface area contributed by atoms with E-state index in [9.17, 15) is 0 Å². The second-order valence-electron chi connectivity index (χ2n) is 4.12. The van der Waals surface area contributed by atoms with Gasteiger partial charge in [0.15, 0.2) is 0 Å². The Kier molecular flexibility index (Phi) is 10.6. The zero-order valence-corrected chi connectivity index (χ0v) is 12.6. The predicted octanol–water partition coefficient (Wildman–Crippen LogP) is 4.95. The summed E-state index contributed by atoms with van der Waals surface area (Å²) in [6.45, 7) is 4.39. The van der Waals surface area contributed by atoms with Crippen LogP contribution in [0.2, 0.25) is 0 Å². The van der Waals surface area contributed by atoms with Gasteiger partial charge in [0.05, 0.1) is 0 Å². The monoisotopic (exact) mass is 262 g/mol. The molecule has 0 saturated heterocycles. The third-order valence-electron chi connectivity index (χ3n) is 2.57. The van der Waals surface area contributed by atoms with Gasteiger partial charge < -0.3 is 0 Å². The van der Waals surface area contributed by atoms with Crippen molar-refractivity contribution >= 4 is 0 Å². The van der Waals surface area contributed by atoms with Crippen molar-refractivity contribution in [3.63, 3.8) is 0 Å². The van der Waals surface area contributed by atoms with Gasteiger partial charge in [-0.3, -0.25) is 12.2 Å². The zero-order valence-electron chi connectivity index (χ0n) is 11.1. The van der Waals surface area contributed by atoms with E-state index in [0.717, 1.165) is 12.8 Å². The van der Waals surface area contributed by atoms with E-state index in [-0.39, 0.29) is 21.7 Å². The first-order chi connectivity index (χ1) is 7.86. The maximum Gasteiger partial charge on any atom is 2.00 e. The number of hydrogen-bond donors (Lipinski definition) is 0. The Morgan fingerprint density at radius 2 is 1.29 bits per heavy atom. The number of hydrogen-bond acceptors (Lipinski definition) is 0. The van der Waals surface area contributed by atoms with Crippen molar-refractivity contribution in [3.8, 4) is 0 Å². The van der Waals surface area contributed by atoms with Crippen molar-refractivity contribution in [1.82, 2.24) is 0 Å². The summed E-state index contributed by atoms with van der Waals surface area (Å²) >= 11 is 0. The van der Waals surface area contributed by atoms with E-state index < -0.39 is 0 Å². The molecule has 0 fully saturated rings. The van der Waals surface area contributed by atoms with Crippen molar-refractivity contribution in [2.24, 2.45) is 0 Å². The average Bonchev–Trinajstić information content (AvgIpc) is 2.92. The Bertz CT molecular complexity index is 273. The molecule has 0 radical (unpaired) electrons. The molecule has 1 heteroatoms. The van der Waals surface area contributed by atoms with E-state index in [2.05, 4.69) is 50.3 Å². The molecule has 0 aromatic heterocycles. The largest absolute Gasteiger partial charge is 2.00 e. The number of allylic oxidation sites excluding steroid dienone is 8. The van der Waals surface area contributed by atoms with Crippen LogP contribution in [-0.2, 0) is 21.7 Å². The first-order valence-electron chi connectivity index (χ1n) is 6.39. The van der Waals surface area contributed by atoms with E-state index in [0.29, 0.717) is 0 Å². The van der Waals surface area contributed by atoms with Crippen LogP contribution in [0.3, 0.4) is 0 Å².